The molecule has 3 saturated heterocycles. The topological polar surface area (TPSA) is 641 Å². The lowest BCUT2D eigenvalue weighted by atomic mass is 9.90. The molecule has 3 aromatic carbocycles. The number of ketones is 1. The Morgan fingerprint density at radius 2 is 1.16 bits per heavy atom. The Kier molecular flexibility index (Phi) is 39.3. The molecule has 3 aliphatic rings. The molecular weight excluding hydrogens is 1780 g/mol. The van der Waals surface area contributed by atoms with Gasteiger partial charge in [0.05, 0.1) is 37.2 Å². The molecule has 3 aliphatic heterocycles. The number of aliphatic hydroxyl groups is 1. The summed E-state index contributed by atoms with van der Waals surface area (Å²) in [7, 11) is 3.94. The zero-order chi connectivity index (χ0) is 97.7. The van der Waals surface area contributed by atoms with Gasteiger partial charge in [0.15, 0.2) is 5.78 Å². The number of benzene rings is 3. The number of aliphatic hydroxyl groups excluding tert-OH is 1. The van der Waals surface area contributed by atoms with Crippen molar-refractivity contribution < 1.29 is 102 Å². The number of nitrogens with zero attached hydrogens (tertiary/aromatic N) is 6. The number of aliphatic carboxylic acids is 1. The number of carboxylic acids is 1. The Balaban J connectivity index is 1.10. The van der Waals surface area contributed by atoms with Gasteiger partial charge in [0.1, 0.15) is 78.3 Å². The van der Waals surface area contributed by atoms with Gasteiger partial charge in [0.2, 0.25) is 94.5 Å². The SMILES string of the molecule is CCCC[C@H]1C(=O)N(C)[C@@H](CCCC)C(=O)N[C@@H](CCN)C(=O)N[C@H](C(=O)NCC(N)=O)CSCC(=O)N[C@@H](Cc2ccc(O)cc2)C(=O)N(C)[C@@H](C)C(=O)N[C@@H](CC(N)=O)C(=O)N2CCC[C@H]2C(=O)N[C@@H](Cc2cnc[nH]2)C(=O)N[C@@H](CCC(=O)O)C(=O)N2C[C@H](O)C[C@H]2C(=O)C[C@@H](Cc2csc3ccccc23)C(=O)N[C@@H](CCN)C(=O)N[C@@H](Cc2c[nH]c3ccccc23)C(=O)N1C. The summed E-state index contributed by atoms with van der Waals surface area (Å²) >= 11 is 2.11. The number of thioether (sulfide) groups is 1. The number of aromatic nitrogens is 3. The lowest BCUT2D eigenvalue weighted by Crippen LogP contribution is -2.60. The predicted octanol–water partition coefficient (Wildman–Crippen LogP) is -1.84. The first kappa shape index (κ1) is 105. The van der Waals surface area contributed by atoms with Gasteiger partial charge < -0.3 is 121 Å². The van der Waals surface area contributed by atoms with Crippen LogP contribution in [0.25, 0.3) is 21.0 Å². The monoisotopic (exact) mass is 1900 g/mol. The van der Waals surface area contributed by atoms with Crippen LogP contribution in [0.1, 0.15) is 139 Å². The van der Waals surface area contributed by atoms with Crippen molar-refractivity contribution >= 4 is 150 Å². The molecule has 6 aromatic rings. The molecule has 0 saturated carbocycles. The number of likely N-dealkylation sites (N-methyl/N-ethyl adjacent to an activating group) is 3. The minimum absolute atomic E-state index is 0.00662. The highest BCUT2D eigenvalue weighted by atomic mass is 32.2. The zero-order valence-electron chi connectivity index (χ0n) is 75.8. The molecule has 0 bridgehead atoms. The Morgan fingerprint density at radius 3 is 1.82 bits per heavy atom. The highest BCUT2D eigenvalue weighted by molar-refractivity contribution is 8.00. The van der Waals surface area contributed by atoms with Gasteiger partial charge in [-0.05, 0) is 123 Å². The molecule has 3 aromatic heterocycles. The van der Waals surface area contributed by atoms with Crippen molar-refractivity contribution in [2.45, 2.75) is 227 Å². The molecule has 22 N–H and O–H groups in total. The summed E-state index contributed by atoms with van der Waals surface area (Å²) in [5, 5.41) is 58.7. The summed E-state index contributed by atoms with van der Waals surface area (Å²) in [5.41, 5.74) is 25.9. The van der Waals surface area contributed by atoms with E-state index in [2.05, 4.69) is 62.8 Å². The van der Waals surface area contributed by atoms with E-state index in [-0.39, 0.29) is 95.3 Å². The van der Waals surface area contributed by atoms with Gasteiger partial charge in [0.25, 0.3) is 0 Å². The van der Waals surface area contributed by atoms with Gasteiger partial charge in [-0.3, -0.25) is 86.3 Å². The van der Waals surface area contributed by atoms with E-state index >= 15 is 38.4 Å². The van der Waals surface area contributed by atoms with Gasteiger partial charge in [-0.15, -0.1) is 23.1 Å². The standard InChI is InChI=1S/C90H123N21O21S2/c1-7-9-19-68-84(126)101-61(30-32-92)82(124)106-67(80(122)97-43-75(94)116)46-133-47-76(117)99-64(34-50-23-25-55(112)26-24-50)86(128)107(4)49(3)78(120)104-66(40-74(93)115)89(131)110-33-15-21-69(110)85(127)103-63(38-54-42-95-48-98-54)83(125)102-62(27-28-77(118)119)88(130)111-44-56(113)39-71(111)72(114)37-51(35-53-45-134-73-22-14-12-17-58(53)73)79(121)100-60(29-31-91)81(123)105-65(36-52-41-96-59-18-13-11-16-57(52)59)87(129)109(6)70(20-10-8-2)90(132)108(68)5/h11-14,16-18,22-26,41-42,45,48-49,51,56,60-71,96,112-113H,7-10,15,19-21,27-40,43-44,46-47,91-92H2,1-6H3,(H2,93,115)(H2,94,116)(H,95,98)(H,97,122)(H,99,117)(H,100,121)(H,101,126)(H,102,125)(H,103,127)(H,104,120)(H,105,123)(H,106,124)(H,118,119)/t49-,51+,56+,60-,61-,62-,63-,64-,65-,66-,67-,68-,69-,70-,71-/m0/s1. The molecule has 44 heteroatoms. The van der Waals surface area contributed by atoms with Crippen LogP contribution in [0.2, 0.25) is 0 Å². The van der Waals surface area contributed by atoms with Crippen LogP contribution in [0.5, 0.6) is 5.75 Å². The van der Waals surface area contributed by atoms with Crippen molar-refractivity contribution in [3.63, 3.8) is 0 Å². The molecular formula is C90H123N21O21S2. The Morgan fingerprint density at radius 1 is 0.567 bits per heavy atom. The number of thiophene rings is 1. The molecule has 16 amide bonds. The molecule has 3 fully saturated rings. The fourth-order valence-corrected chi connectivity index (χ4v) is 18.5. The molecule has 134 heavy (non-hydrogen) atoms. The summed E-state index contributed by atoms with van der Waals surface area (Å²) in [4.78, 5) is 278. The van der Waals surface area contributed by atoms with Crippen molar-refractivity contribution in [3.05, 3.63) is 119 Å². The number of phenols is 1. The van der Waals surface area contributed by atoms with E-state index in [1.807, 2.05) is 32.0 Å². The number of fused-ring (bicyclic) bond motifs is 4. The molecule has 15 atom stereocenters. The number of Topliss-reactive ketones (excluding diaryl/α,β-unsaturated/α-hetero) is 1. The normalized spacial score (nSPS) is 24.9. The zero-order valence-corrected chi connectivity index (χ0v) is 77.4. The number of rotatable bonds is 26. The van der Waals surface area contributed by atoms with E-state index < -0.39 is 254 Å². The number of carbonyl (C=O) groups excluding carboxylic acids is 17. The third-order valence-corrected chi connectivity index (χ3v) is 26.2. The minimum Gasteiger partial charge on any atom is -0.508 e. The number of H-pyrrole nitrogens is 2. The summed E-state index contributed by atoms with van der Waals surface area (Å²) in [6.07, 6.45) is -0.213. The second kappa shape index (κ2) is 50.2. The van der Waals surface area contributed by atoms with E-state index in [4.69, 9.17) is 22.9 Å². The molecule has 0 unspecified atom stereocenters. The molecule has 0 radical (unpaired) electrons. The summed E-state index contributed by atoms with van der Waals surface area (Å²) in [6, 6.07) is -0.287. The average molecular weight is 1900 g/mol. The van der Waals surface area contributed by atoms with E-state index in [1.165, 1.54) is 81.1 Å². The predicted molar refractivity (Wildman–Crippen MR) is 493 cm³/mol. The van der Waals surface area contributed by atoms with Gasteiger partial charge in [-0.25, -0.2) is 4.98 Å². The highest BCUT2D eigenvalue weighted by Crippen LogP contribution is 2.32. The smallest absolute Gasteiger partial charge is 0.303 e. The quantitative estimate of drug-likeness (QED) is 0.0284. The number of primary amides is 2. The van der Waals surface area contributed by atoms with Crippen LogP contribution in [0.15, 0.2) is 96.9 Å². The van der Waals surface area contributed by atoms with Crippen molar-refractivity contribution in [1.82, 2.24) is 87.3 Å². The third-order valence-electron chi connectivity index (χ3n) is 24.2. The summed E-state index contributed by atoms with van der Waals surface area (Å²) < 4.78 is 0.814. The Hall–Kier alpha value is -12.9. The number of nitrogens with two attached hydrogens (primary N) is 4. The van der Waals surface area contributed by atoms with E-state index in [1.54, 1.807) is 41.9 Å². The maximum absolute atomic E-state index is 15.8. The fourth-order valence-electron chi connectivity index (χ4n) is 16.7. The number of unbranched alkanes of at least 4 members (excludes halogenated alkanes) is 2. The number of hydrogen-bond donors (Lipinski definition) is 18. The van der Waals surface area contributed by atoms with Crippen molar-refractivity contribution in [2.24, 2.45) is 28.9 Å². The largest absolute Gasteiger partial charge is 0.508 e. The van der Waals surface area contributed by atoms with E-state index in [0.29, 0.717) is 53.3 Å². The second-order valence-electron chi connectivity index (χ2n) is 34.0. The number of nitrogens with one attached hydrogen (secondary N) is 11. The first-order valence-corrected chi connectivity index (χ1v) is 46.8. The molecule has 0 aliphatic carbocycles. The lowest BCUT2D eigenvalue weighted by molar-refractivity contribution is -0.149. The number of imidazole rings is 1. The fraction of sp³-hybridized carbons (Fsp3) is 0.522. The highest BCUT2D eigenvalue weighted by Gasteiger charge is 2.47. The minimum atomic E-state index is -1.81. The van der Waals surface area contributed by atoms with Crippen LogP contribution in [0.3, 0.4) is 0 Å². The number of carboxylic acid groups (broad SMARTS) is 1. The second-order valence-corrected chi connectivity index (χ2v) is 35.9. The molecule has 726 valence electrons. The first-order valence-electron chi connectivity index (χ1n) is 44.8. The molecule has 9 rings (SSSR count). The van der Waals surface area contributed by atoms with Gasteiger partial charge in [-0.1, -0.05) is 88.1 Å². The number of aromatic amines is 2. The van der Waals surface area contributed by atoms with Crippen LogP contribution in [0.4, 0.5) is 0 Å². The van der Waals surface area contributed by atoms with Gasteiger partial charge in [-0.2, -0.15) is 0 Å². The van der Waals surface area contributed by atoms with Crippen LogP contribution >= 0.6 is 23.1 Å². The maximum atomic E-state index is 15.8. The number of para-hydroxylation sites is 1. The van der Waals surface area contributed by atoms with E-state index in [0.717, 1.165) is 41.4 Å². The third kappa shape index (κ3) is 28.8. The number of amides is 16. The molecule has 42 nitrogen and oxygen atoms in total. The Bertz CT molecular complexity index is 5190. The first-order chi connectivity index (χ1) is 63.9. The van der Waals surface area contributed by atoms with Crippen molar-refractivity contribution in [3.8, 4) is 5.75 Å². The van der Waals surface area contributed by atoms with Gasteiger partial charge in [0, 0.05) is 118 Å². The lowest BCUT2D eigenvalue weighted by Gasteiger charge is -2.36. The number of carbonyl (C=O) groups is 18. The summed E-state index contributed by atoms with van der Waals surface area (Å²) in [6.45, 7) is 3.08. The Labute approximate surface area is 781 Å². The van der Waals surface area contributed by atoms with Crippen molar-refractivity contribution in [2.75, 3.05) is 65.4 Å². The van der Waals surface area contributed by atoms with Crippen LogP contribution in [0, 0.1) is 5.92 Å². The van der Waals surface area contributed by atoms with Crippen molar-refractivity contribution in [1.29, 1.82) is 0 Å². The number of phenolic OH excluding ortho intramolecular Hbond substituents is 1. The van der Waals surface area contributed by atoms with Crippen LogP contribution < -0.4 is 70.8 Å². The van der Waals surface area contributed by atoms with Crippen LogP contribution in [-0.2, 0) is 112 Å². The van der Waals surface area contributed by atoms with E-state index in [9.17, 15) is 63.3 Å². The number of hydrogen-bond acceptors (Lipinski definition) is 25. The van der Waals surface area contributed by atoms with Crippen LogP contribution in [-0.4, -0.2) is 311 Å². The van der Waals surface area contributed by atoms with Gasteiger partial charge >= 0.3 is 5.97 Å². The molecule has 6 heterocycles. The maximum Gasteiger partial charge on any atom is 0.303 e. The average Bonchev–Trinajstić information content (AvgIpc) is 1.13. The summed E-state index contributed by atoms with van der Waals surface area (Å²) in [5.74, 6) is -19.8. The molecule has 0 spiro atoms. The number of aromatic hydroxyl groups is 1.